The van der Waals surface area contributed by atoms with Crippen molar-refractivity contribution < 1.29 is 4.74 Å². The minimum atomic E-state index is 0.721. The third kappa shape index (κ3) is 8.70. The predicted molar refractivity (Wildman–Crippen MR) is 136 cm³/mol. The molecule has 3 heteroatoms. The monoisotopic (exact) mass is 441 g/mol. The molecule has 172 valence electrons. The van der Waals surface area contributed by atoms with Gasteiger partial charge in [0.15, 0.2) is 0 Å². The molecule has 2 fully saturated rings. The van der Waals surface area contributed by atoms with E-state index in [1.165, 1.54) is 96.3 Å². The van der Waals surface area contributed by atoms with E-state index in [0.29, 0.717) is 0 Å². The summed E-state index contributed by atoms with van der Waals surface area (Å²) in [6, 6.07) is 7.85. The van der Waals surface area contributed by atoms with Crippen LogP contribution in [0, 0.1) is 23.7 Å². The number of unbranched alkanes of at least 4 members (excludes halogenated alkanes) is 5. The number of nitrogens with zero attached hydrogens (tertiary/aromatic N) is 1. The minimum Gasteiger partial charge on any atom is -0.493 e. The summed E-state index contributed by atoms with van der Waals surface area (Å²) < 4.78 is 6.05. The lowest BCUT2D eigenvalue weighted by molar-refractivity contribution is 0.121. The zero-order chi connectivity index (χ0) is 21.7. The van der Waals surface area contributed by atoms with Crippen molar-refractivity contribution in [3.05, 3.63) is 24.3 Å². The Kier molecular flexibility index (Phi) is 11.1. The molecule has 2 saturated carbocycles. The summed E-state index contributed by atoms with van der Waals surface area (Å²) in [7, 11) is 0. The maximum atomic E-state index is 6.05. The van der Waals surface area contributed by atoms with Crippen molar-refractivity contribution in [3.8, 4) is 5.75 Å². The maximum absolute atomic E-state index is 6.05. The van der Waals surface area contributed by atoms with Crippen LogP contribution in [0.4, 0.5) is 5.69 Å². The van der Waals surface area contributed by atoms with Gasteiger partial charge in [-0.15, -0.1) is 0 Å². The van der Waals surface area contributed by atoms with Gasteiger partial charge in [-0.25, -0.2) is 0 Å². The molecule has 0 aliphatic heterocycles. The molecule has 0 aromatic heterocycles. The molecule has 0 radical (unpaired) electrons. The van der Waals surface area contributed by atoms with E-state index < -0.39 is 0 Å². The Labute approximate surface area is 196 Å². The smallest absolute Gasteiger partial charge is 0.119 e. The van der Waals surface area contributed by atoms with Gasteiger partial charge in [0.2, 0.25) is 0 Å². The summed E-state index contributed by atoms with van der Waals surface area (Å²) in [5.74, 6) is 4.69. The van der Waals surface area contributed by atoms with Crippen LogP contribution in [0.5, 0.6) is 5.75 Å². The average molecular weight is 442 g/mol. The van der Waals surface area contributed by atoms with E-state index in [9.17, 15) is 0 Å². The van der Waals surface area contributed by atoms with Gasteiger partial charge in [-0.3, -0.25) is 0 Å². The normalized spacial score (nSPS) is 26.2. The van der Waals surface area contributed by atoms with Crippen LogP contribution in [0.3, 0.4) is 0 Å². The molecule has 31 heavy (non-hydrogen) atoms. The molecule has 0 N–H and O–H groups in total. The van der Waals surface area contributed by atoms with E-state index >= 15 is 0 Å². The Morgan fingerprint density at radius 2 is 1.39 bits per heavy atom. The van der Waals surface area contributed by atoms with E-state index in [1.54, 1.807) is 0 Å². The molecular weight excluding hydrogens is 398 g/mol. The zero-order valence-corrected chi connectivity index (χ0v) is 20.5. The highest BCUT2D eigenvalue weighted by atomic mass is 32.1. The van der Waals surface area contributed by atoms with Gasteiger partial charge < -0.3 is 4.74 Å². The van der Waals surface area contributed by atoms with E-state index in [2.05, 4.69) is 29.3 Å². The summed E-state index contributed by atoms with van der Waals surface area (Å²) >= 11 is 4.65. The van der Waals surface area contributed by atoms with Crippen molar-refractivity contribution in [2.75, 3.05) is 6.61 Å². The van der Waals surface area contributed by atoms with E-state index in [1.807, 2.05) is 24.3 Å². The van der Waals surface area contributed by atoms with Gasteiger partial charge in [-0.1, -0.05) is 64.7 Å². The molecular formula is C28H43NOS. The molecule has 1 aromatic rings. The maximum Gasteiger partial charge on any atom is 0.119 e. The lowest BCUT2D eigenvalue weighted by Crippen LogP contribution is -2.27. The first-order chi connectivity index (χ1) is 15.3. The van der Waals surface area contributed by atoms with Crippen molar-refractivity contribution in [3.63, 3.8) is 0 Å². The van der Waals surface area contributed by atoms with Gasteiger partial charge in [0.1, 0.15) is 5.75 Å². The molecule has 2 aliphatic carbocycles. The average Bonchev–Trinajstić information content (AvgIpc) is 2.82. The highest BCUT2D eigenvalue weighted by Crippen LogP contribution is 2.42. The Hall–Kier alpha value is -1.18. The van der Waals surface area contributed by atoms with Crippen molar-refractivity contribution in [1.29, 1.82) is 0 Å². The van der Waals surface area contributed by atoms with Gasteiger partial charge in [-0.2, -0.15) is 4.99 Å². The topological polar surface area (TPSA) is 21.6 Å². The summed E-state index contributed by atoms with van der Waals surface area (Å²) in [4.78, 5) is 3.99. The van der Waals surface area contributed by atoms with Gasteiger partial charge >= 0.3 is 0 Å². The van der Waals surface area contributed by atoms with Crippen molar-refractivity contribution in [2.24, 2.45) is 28.7 Å². The Bertz CT molecular complexity index is 650. The minimum absolute atomic E-state index is 0.721. The SMILES string of the molecule is CCCCCCCC[C@H]1CC[C@H](C2CCC(COc3ccc(N=C=S)cc3)CC2)CC1. The number of ether oxygens (including phenoxy) is 1. The fourth-order valence-electron chi connectivity index (χ4n) is 5.87. The Morgan fingerprint density at radius 1 is 0.806 bits per heavy atom. The van der Waals surface area contributed by atoms with Crippen LogP contribution in [0.1, 0.15) is 103 Å². The second-order valence-corrected chi connectivity index (χ2v) is 10.3. The highest BCUT2D eigenvalue weighted by molar-refractivity contribution is 7.78. The van der Waals surface area contributed by atoms with Crippen LogP contribution in [-0.4, -0.2) is 11.8 Å². The third-order valence-electron chi connectivity index (χ3n) is 7.91. The van der Waals surface area contributed by atoms with Crippen LogP contribution in [0.25, 0.3) is 0 Å². The van der Waals surface area contributed by atoms with Crippen LogP contribution >= 0.6 is 12.2 Å². The van der Waals surface area contributed by atoms with Crippen molar-refractivity contribution in [1.82, 2.24) is 0 Å². The van der Waals surface area contributed by atoms with Gasteiger partial charge in [0.25, 0.3) is 0 Å². The first-order valence-corrected chi connectivity index (χ1v) is 13.5. The highest BCUT2D eigenvalue weighted by Gasteiger charge is 2.30. The van der Waals surface area contributed by atoms with Gasteiger partial charge in [0.05, 0.1) is 17.5 Å². The van der Waals surface area contributed by atoms with Crippen LogP contribution < -0.4 is 4.74 Å². The molecule has 0 unspecified atom stereocenters. The lowest BCUT2D eigenvalue weighted by Gasteiger charge is -2.38. The predicted octanol–water partition coefficient (Wildman–Crippen LogP) is 9.16. The molecule has 0 heterocycles. The third-order valence-corrected chi connectivity index (χ3v) is 8.00. The number of aliphatic imine (C=N–C) groups is 1. The molecule has 0 spiro atoms. The molecule has 0 bridgehead atoms. The molecule has 2 aliphatic rings. The van der Waals surface area contributed by atoms with Crippen LogP contribution in [-0.2, 0) is 0 Å². The summed E-state index contributed by atoms with van der Waals surface area (Å²) in [6.45, 7) is 3.16. The molecule has 2 nitrogen and oxygen atoms in total. The molecule has 0 amide bonds. The number of hydrogen-bond donors (Lipinski definition) is 0. The number of thiocarbonyl (C=S) groups is 1. The van der Waals surface area contributed by atoms with Crippen molar-refractivity contribution in [2.45, 2.75) is 103 Å². The number of hydrogen-bond acceptors (Lipinski definition) is 3. The summed E-state index contributed by atoms with van der Waals surface area (Å²) in [5, 5.41) is 2.41. The first kappa shape index (κ1) is 24.5. The van der Waals surface area contributed by atoms with E-state index in [4.69, 9.17) is 4.74 Å². The second kappa shape index (κ2) is 14.1. The molecule has 0 atom stereocenters. The molecule has 0 saturated heterocycles. The second-order valence-electron chi connectivity index (χ2n) is 10.1. The van der Waals surface area contributed by atoms with Crippen LogP contribution in [0.15, 0.2) is 29.3 Å². The molecule has 3 rings (SSSR count). The lowest BCUT2D eigenvalue weighted by atomic mass is 9.69. The Balaban J connectivity index is 1.27. The number of rotatable bonds is 12. The van der Waals surface area contributed by atoms with E-state index in [0.717, 1.165) is 41.7 Å². The number of benzene rings is 1. The van der Waals surface area contributed by atoms with E-state index in [-0.39, 0.29) is 0 Å². The van der Waals surface area contributed by atoms with Crippen LogP contribution in [0.2, 0.25) is 0 Å². The van der Waals surface area contributed by atoms with Crippen molar-refractivity contribution >= 4 is 23.1 Å². The largest absolute Gasteiger partial charge is 0.493 e. The number of isothiocyanates is 1. The molecule has 1 aromatic carbocycles. The standard InChI is InChI=1S/C28H43NOS/c1-2-3-4-5-6-7-8-23-9-13-25(14-10-23)26-15-11-24(12-16-26)21-30-28-19-17-27(18-20-28)29-22-31/h17-20,23-26H,2-16,21H2,1H3/t23-,24?,25-,26?. The van der Waals surface area contributed by atoms with Gasteiger partial charge in [0, 0.05) is 0 Å². The van der Waals surface area contributed by atoms with Gasteiger partial charge in [-0.05, 0) is 98.7 Å². The fraction of sp³-hybridized carbons (Fsp3) is 0.750. The summed E-state index contributed by atoms with van der Waals surface area (Å²) in [5.41, 5.74) is 0.838. The quantitative estimate of drug-likeness (QED) is 0.183. The fourth-order valence-corrected chi connectivity index (χ4v) is 5.98. The zero-order valence-electron chi connectivity index (χ0n) is 19.7. The first-order valence-electron chi connectivity index (χ1n) is 13.1. The summed E-state index contributed by atoms with van der Waals surface area (Å²) in [6.07, 6.45) is 21.7. The Morgan fingerprint density at radius 3 is 2.00 bits per heavy atom.